The van der Waals surface area contributed by atoms with E-state index < -0.39 is 0 Å². The molecule has 0 saturated heterocycles. The Morgan fingerprint density at radius 2 is 2.36 bits per heavy atom. The number of hydrogen-bond donors (Lipinski definition) is 1. The Morgan fingerprint density at radius 3 is 3.00 bits per heavy atom. The predicted molar refractivity (Wildman–Crippen MR) is 43.3 cm³/mol. The topological polar surface area (TPSA) is 36.9 Å². The lowest BCUT2D eigenvalue weighted by molar-refractivity contribution is -0.366. The number of ether oxygens (including phenoxy) is 1. The molecule has 0 atom stereocenters. The molecule has 0 unspecified atom stereocenters. The van der Waals surface area contributed by atoms with Gasteiger partial charge in [-0.3, -0.25) is 0 Å². The molecule has 0 aliphatic heterocycles. The van der Waals surface area contributed by atoms with E-state index in [9.17, 15) is 0 Å². The first-order chi connectivity index (χ1) is 5.36. The van der Waals surface area contributed by atoms with Crippen molar-refractivity contribution in [2.75, 3.05) is 13.7 Å². The first-order valence-electron chi connectivity index (χ1n) is 3.71. The SMILES string of the molecule is COc1[c-]c(CC[NH3+])ccc1. The van der Waals surface area contributed by atoms with Gasteiger partial charge in [-0.05, 0) is 6.42 Å². The van der Waals surface area contributed by atoms with Gasteiger partial charge in [0.05, 0.1) is 13.7 Å². The van der Waals surface area contributed by atoms with Crippen LogP contribution in [0.3, 0.4) is 0 Å². The fourth-order valence-corrected chi connectivity index (χ4v) is 0.949. The Morgan fingerprint density at radius 1 is 1.55 bits per heavy atom. The Bertz CT molecular complexity index is 223. The Labute approximate surface area is 67.0 Å². The van der Waals surface area contributed by atoms with Crippen LogP contribution in [0.2, 0.25) is 0 Å². The van der Waals surface area contributed by atoms with Crippen molar-refractivity contribution in [1.29, 1.82) is 0 Å². The fourth-order valence-electron chi connectivity index (χ4n) is 0.949. The van der Waals surface area contributed by atoms with Gasteiger partial charge in [0.15, 0.2) is 0 Å². The van der Waals surface area contributed by atoms with E-state index in [-0.39, 0.29) is 0 Å². The number of benzene rings is 1. The van der Waals surface area contributed by atoms with Gasteiger partial charge in [-0.1, -0.05) is 0 Å². The minimum absolute atomic E-state index is 0.802. The van der Waals surface area contributed by atoms with Crippen LogP contribution in [-0.2, 0) is 6.42 Å². The van der Waals surface area contributed by atoms with Crippen molar-refractivity contribution in [3.05, 3.63) is 29.8 Å². The zero-order chi connectivity index (χ0) is 8.10. The van der Waals surface area contributed by atoms with Gasteiger partial charge in [-0.15, -0.1) is 12.1 Å². The summed E-state index contributed by atoms with van der Waals surface area (Å²) in [6, 6.07) is 9.04. The van der Waals surface area contributed by atoms with Crippen LogP contribution >= 0.6 is 0 Å². The molecular weight excluding hydrogens is 138 g/mol. The standard InChI is InChI=1S/C9H12NO/c1-11-9-4-2-3-8(7-9)5-6-10/h2-4H,5-6,10H2,1H3/q-1/p+1. The van der Waals surface area contributed by atoms with Crippen molar-refractivity contribution in [3.8, 4) is 5.75 Å². The van der Waals surface area contributed by atoms with Crippen LogP contribution < -0.4 is 10.5 Å². The molecule has 0 aliphatic carbocycles. The van der Waals surface area contributed by atoms with E-state index in [0.717, 1.165) is 18.7 Å². The van der Waals surface area contributed by atoms with Gasteiger partial charge in [-0.2, -0.15) is 17.7 Å². The average molecular weight is 151 g/mol. The van der Waals surface area contributed by atoms with Crippen LogP contribution in [0, 0.1) is 6.07 Å². The molecule has 2 heteroatoms. The van der Waals surface area contributed by atoms with Crippen molar-refractivity contribution in [2.45, 2.75) is 6.42 Å². The van der Waals surface area contributed by atoms with Crippen molar-refractivity contribution < 1.29 is 10.5 Å². The van der Waals surface area contributed by atoms with Gasteiger partial charge in [0.2, 0.25) is 0 Å². The minimum Gasteiger partial charge on any atom is -0.523 e. The number of quaternary nitrogens is 1. The summed E-state index contributed by atoms with van der Waals surface area (Å²) in [5, 5.41) is 0. The van der Waals surface area contributed by atoms with E-state index in [2.05, 4.69) is 11.8 Å². The first-order valence-corrected chi connectivity index (χ1v) is 3.71. The van der Waals surface area contributed by atoms with Gasteiger partial charge in [0, 0.05) is 5.75 Å². The van der Waals surface area contributed by atoms with Gasteiger partial charge in [-0.25, -0.2) is 0 Å². The maximum absolute atomic E-state index is 5.03. The molecule has 0 bridgehead atoms. The lowest BCUT2D eigenvalue weighted by Gasteiger charge is -2.09. The highest BCUT2D eigenvalue weighted by Crippen LogP contribution is 2.10. The third-order valence-corrected chi connectivity index (χ3v) is 1.49. The van der Waals surface area contributed by atoms with Crippen LogP contribution in [0.4, 0.5) is 0 Å². The highest BCUT2D eigenvalue weighted by Gasteiger charge is 1.85. The maximum atomic E-state index is 5.03. The molecular formula is C9H13NO. The molecule has 0 amide bonds. The van der Waals surface area contributed by atoms with E-state index in [1.54, 1.807) is 7.11 Å². The Balaban J connectivity index is 2.74. The van der Waals surface area contributed by atoms with Crippen LogP contribution in [0.15, 0.2) is 18.2 Å². The van der Waals surface area contributed by atoms with Crippen LogP contribution in [0.5, 0.6) is 5.75 Å². The largest absolute Gasteiger partial charge is 0.523 e. The zero-order valence-electron chi connectivity index (χ0n) is 6.76. The number of hydrogen-bond acceptors (Lipinski definition) is 1. The van der Waals surface area contributed by atoms with Crippen molar-refractivity contribution in [1.82, 2.24) is 0 Å². The van der Waals surface area contributed by atoms with Gasteiger partial charge < -0.3 is 10.5 Å². The third kappa shape index (κ3) is 2.24. The smallest absolute Gasteiger partial charge is 0.0760 e. The van der Waals surface area contributed by atoms with Crippen molar-refractivity contribution in [3.63, 3.8) is 0 Å². The second-order valence-corrected chi connectivity index (χ2v) is 2.35. The average Bonchev–Trinajstić information content (AvgIpc) is 2.06. The summed E-state index contributed by atoms with van der Waals surface area (Å²) in [6.45, 7) is 0.906. The Hall–Kier alpha value is -1.02. The summed E-state index contributed by atoms with van der Waals surface area (Å²) in [6.07, 6.45) is 0.969. The molecule has 0 saturated carbocycles. The monoisotopic (exact) mass is 151 g/mol. The zero-order valence-corrected chi connectivity index (χ0v) is 6.76. The first kappa shape index (κ1) is 8.08. The molecule has 0 heterocycles. The molecule has 0 aromatic heterocycles. The number of methoxy groups -OCH3 is 1. The normalized spacial score (nSPS) is 9.64. The molecule has 11 heavy (non-hydrogen) atoms. The van der Waals surface area contributed by atoms with E-state index in [1.165, 1.54) is 5.56 Å². The molecule has 1 rings (SSSR count). The number of rotatable bonds is 3. The lowest BCUT2D eigenvalue weighted by Crippen LogP contribution is -2.51. The van der Waals surface area contributed by atoms with Crippen LogP contribution in [-0.4, -0.2) is 13.7 Å². The van der Waals surface area contributed by atoms with Gasteiger partial charge in [0.25, 0.3) is 0 Å². The van der Waals surface area contributed by atoms with Gasteiger partial charge >= 0.3 is 0 Å². The van der Waals surface area contributed by atoms with E-state index in [0.29, 0.717) is 0 Å². The van der Waals surface area contributed by atoms with E-state index in [1.807, 2.05) is 18.2 Å². The molecule has 1 aromatic carbocycles. The second-order valence-electron chi connectivity index (χ2n) is 2.35. The lowest BCUT2D eigenvalue weighted by atomic mass is 10.1. The maximum Gasteiger partial charge on any atom is 0.0760 e. The van der Waals surface area contributed by atoms with Crippen LogP contribution in [0.25, 0.3) is 0 Å². The molecule has 1 aromatic rings. The summed E-state index contributed by atoms with van der Waals surface area (Å²) >= 11 is 0. The summed E-state index contributed by atoms with van der Waals surface area (Å²) in [5.41, 5.74) is 4.94. The Kier molecular flexibility index (Phi) is 2.93. The molecule has 60 valence electrons. The molecule has 0 radical (unpaired) electrons. The summed E-state index contributed by atoms with van der Waals surface area (Å²) in [7, 11) is 1.65. The summed E-state index contributed by atoms with van der Waals surface area (Å²) in [4.78, 5) is 0. The highest BCUT2D eigenvalue weighted by molar-refractivity contribution is 5.26. The summed E-state index contributed by atoms with van der Waals surface area (Å²) < 4.78 is 5.03. The predicted octanol–water partition coefficient (Wildman–Crippen LogP) is 0.280. The molecule has 0 spiro atoms. The van der Waals surface area contributed by atoms with Crippen molar-refractivity contribution in [2.24, 2.45) is 0 Å². The molecule has 0 aliphatic rings. The third-order valence-electron chi connectivity index (χ3n) is 1.49. The van der Waals surface area contributed by atoms with Crippen LogP contribution in [0.1, 0.15) is 5.56 Å². The summed E-state index contributed by atoms with van der Waals surface area (Å²) in [5.74, 6) is 0.802. The molecule has 2 nitrogen and oxygen atoms in total. The second kappa shape index (κ2) is 3.98. The van der Waals surface area contributed by atoms with Gasteiger partial charge in [0.1, 0.15) is 0 Å². The van der Waals surface area contributed by atoms with E-state index >= 15 is 0 Å². The van der Waals surface area contributed by atoms with E-state index in [4.69, 9.17) is 4.74 Å². The minimum atomic E-state index is 0.802. The highest BCUT2D eigenvalue weighted by atomic mass is 16.5. The molecule has 0 fully saturated rings. The quantitative estimate of drug-likeness (QED) is 0.619. The molecule has 3 N–H and O–H groups in total. The fraction of sp³-hybridized carbons (Fsp3) is 0.333. The van der Waals surface area contributed by atoms with Crippen molar-refractivity contribution >= 4 is 0 Å².